The first-order valence-electron chi connectivity index (χ1n) is 2.61. The van der Waals surface area contributed by atoms with Gasteiger partial charge in [0.1, 0.15) is 0 Å². The first kappa shape index (κ1) is 8.59. The number of aromatic nitrogens is 3. The second kappa shape index (κ2) is 2.85. The van der Waals surface area contributed by atoms with Crippen molar-refractivity contribution in [2.75, 3.05) is 5.32 Å². The number of hydrogen-bond acceptors (Lipinski definition) is 5. The van der Waals surface area contributed by atoms with Crippen LogP contribution in [-0.4, -0.2) is 30.0 Å². The van der Waals surface area contributed by atoms with E-state index >= 15 is 0 Å². The van der Waals surface area contributed by atoms with Crippen LogP contribution in [0.15, 0.2) is 5.16 Å². The molecule has 0 aliphatic rings. The molecule has 0 aromatic carbocycles. The highest BCUT2D eigenvalue weighted by Crippen LogP contribution is 2.06. The number of aromatic amines is 1. The zero-order chi connectivity index (χ0) is 9.19. The molecule has 7 nitrogen and oxygen atoms in total. The fourth-order valence-corrected chi connectivity index (χ4v) is 0.823. The second-order valence-corrected chi connectivity index (χ2v) is 2.93. The highest BCUT2D eigenvalue weighted by molar-refractivity contribution is 7.86. The van der Waals surface area contributed by atoms with Gasteiger partial charge in [0.15, 0.2) is 0 Å². The third-order valence-electron chi connectivity index (χ3n) is 0.884. The minimum absolute atomic E-state index is 0.234. The summed E-state index contributed by atoms with van der Waals surface area (Å²) in [5.41, 5.74) is 0. The zero-order valence-electron chi connectivity index (χ0n) is 5.48. The summed E-state index contributed by atoms with van der Waals surface area (Å²) in [5.74, 6) is -0.304. The Kier molecular flexibility index (Phi) is 2.04. The van der Waals surface area contributed by atoms with Crippen molar-refractivity contribution in [3.05, 3.63) is 0 Å². The third kappa shape index (κ3) is 1.75. The largest absolute Gasteiger partial charge is 0.367 e. The molecule has 0 aliphatic heterocycles. The Bertz CT molecular complexity index is 384. The molecule has 1 rings (SSSR count). The summed E-state index contributed by atoms with van der Waals surface area (Å²) < 4.78 is 32.4. The van der Waals surface area contributed by atoms with Gasteiger partial charge < -0.3 is 0 Å². The van der Waals surface area contributed by atoms with E-state index < -0.39 is 15.4 Å². The fourth-order valence-electron chi connectivity index (χ4n) is 0.473. The van der Waals surface area contributed by atoms with Gasteiger partial charge in [0.2, 0.25) is 12.4 Å². The summed E-state index contributed by atoms with van der Waals surface area (Å²) in [6.07, 6.45) is 0.234. The van der Waals surface area contributed by atoms with Gasteiger partial charge in [-0.3, -0.25) is 10.1 Å². The Morgan fingerprint density at radius 3 is 2.67 bits per heavy atom. The van der Waals surface area contributed by atoms with Crippen LogP contribution >= 0.6 is 0 Å². The average Bonchev–Trinajstić information content (AvgIpc) is 2.35. The molecular formula is C3H3FN4O3S. The zero-order valence-corrected chi connectivity index (χ0v) is 6.30. The number of anilines is 1. The van der Waals surface area contributed by atoms with Crippen LogP contribution in [0, 0.1) is 0 Å². The van der Waals surface area contributed by atoms with Crippen molar-refractivity contribution < 1.29 is 17.1 Å². The van der Waals surface area contributed by atoms with E-state index in [1.54, 1.807) is 5.10 Å². The van der Waals surface area contributed by atoms with Crippen LogP contribution in [-0.2, 0) is 15.0 Å². The van der Waals surface area contributed by atoms with E-state index in [-0.39, 0.29) is 12.4 Å². The molecule has 0 bridgehead atoms. The lowest BCUT2D eigenvalue weighted by Gasteiger charge is -1.83. The van der Waals surface area contributed by atoms with Crippen LogP contribution in [0.5, 0.6) is 0 Å². The smallest absolute Gasteiger partial charge is 0.296 e. The standard InChI is InChI=1S/C3H3FN4O3S/c4-12(10,11)3-6-2(5-1-9)7-8-3/h1H,(H2,5,6,7,8,9). The van der Waals surface area contributed by atoms with Gasteiger partial charge in [0, 0.05) is 0 Å². The minimum atomic E-state index is -4.89. The summed E-state index contributed by atoms with van der Waals surface area (Å²) in [6.45, 7) is 0. The van der Waals surface area contributed by atoms with Crippen LogP contribution in [0.25, 0.3) is 0 Å². The van der Waals surface area contributed by atoms with Gasteiger partial charge >= 0.3 is 10.2 Å². The second-order valence-electron chi connectivity index (χ2n) is 1.66. The number of hydrogen-bond donors (Lipinski definition) is 2. The molecule has 2 N–H and O–H groups in total. The van der Waals surface area contributed by atoms with Crippen LogP contribution < -0.4 is 5.32 Å². The molecule has 12 heavy (non-hydrogen) atoms. The monoisotopic (exact) mass is 194 g/mol. The molecule has 1 aromatic rings. The maximum atomic E-state index is 12.1. The predicted molar refractivity (Wildman–Crippen MR) is 34.4 cm³/mol. The highest BCUT2D eigenvalue weighted by atomic mass is 32.3. The van der Waals surface area contributed by atoms with E-state index in [0.29, 0.717) is 0 Å². The van der Waals surface area contributed by atoms with Crippen molar-refractivity contribution in [2.45, 2.75) is 5.16 Å². The number of amides is 1. The Labute approximate surface area is 66.2 Å². The van der Waals surface area contributed by atoms with Crippen LogP contribution in [0.4, 0.5) is 9.83 Å². The maximum Gasteiger partial charge on any atom is 0.367 e. The molecule has 0 saturated heterocycles. The number of nitrogens with one attached hydrogen (secondary N) is 2. The lowest BCUT2D eigenvalue weighted by Crippen LogP contribution is -1.97. The van der Waals surface area contributed by atoms with Crippen LogP contribution in [0.2, 0.25) is 0 Å². The fraction of sp³-hybridized carbons (Fsp3) is 0. The number of halogens is 1. The lowest BCUT2D eigenvalue weighted by molar-refractivity contribution is -0.105. The van der Waals surface area contributed by atoms with Crippen LogP contribution in [0.3, 0.4) is 0 Å². The van der Waals surface area contributed by atoms with Gasteiger partial charge in [0.05, 0.1) is 0 Å². The van der Waals surface area contributed by atoms with E-state index in [2.05, 4.69) is 10.1 Å². The Hall–Kier alpha value is -1.51. The summed E-state index contributed by atoms with van der Waals surface area (Å²) >= 11 is 0. The van der Waals surface area contributed by atoms with Gasteiger partial charge in [-0.05, 0) is 0 Å². The number of nitrogens with zero attached hydrogens (tertiary/aromatic N) is 2. The average molecular weight is 194 g/mol. The number of H-pyrrole nitrogens is 1. The van der Waals surface area contributed by atoms with Gasteiger partial charge in [-0.1, -0.05) is 3.89 Å². The Morgan fingerprint density at radius 2 is 2.25 bits per heavy atom. The molecule has 0 atom stereocenters. The predicted octanol–water partition coefficient (Wildman–Crippen LogP) is -0.969. The van der Waals surface area contributed by atoms with Crippen molar-refractivity contribution in [3.8, 4) is 0 Å². The van der Waals surface area contributed by atoms with Crippen molar-refractivity contribution in [1.29, 1.82) is 0 Å². The maximum absolute atomic E-state index is 12.1. The quantitative estimate of drug-likeness (QED) is 0.475. The first-order chi connectivity index (χ1) is 5.54. The highest BCUT2D eigenvalue weighted by Gasteiger charge is 2.17. The van der Waals surface area contributed by atoms with Crippen molar-refractivity contribution in [2.24, 2.45) is 0 Å². The van der Waals surface area contributed by atoms with E-state index in [9.17, 15) is 17.1 Å². The molecule has 0 saturated carbocycles. The van der Waals surface area contributed by atoms with E-state index in [0.717, 1.165) is 0 Å². The van der Waals surface area contributed by atoms with Gasteiger partial charge in [-0.25, -0.2) is 5.10 Å². The SMILES string of the molecule is O=CNc1n[nH]c(S(=O)(=O)F)n1. The molecule has 1 aromatic heterocycles. The van der Waals surface area contributed by atoms with Crippen LogP contribution in [0.1, 0.15) is 0 Å². The Morgan fingerprint density at radius 1 is 1.58 bits per heavy atom. The molecule has 0 aliphatic carbocycles. The molecule has 0 unspecified atom stereocenters. The summed E-state index contributed by atoms with van der Waals surface area (Å²) in [6, 6.07) is 0. The topological polar surface area (TPSA) is 105 Å². The normalized spacial score (nSPS) is 11.1. The molecular weight excluding hydrogens is 191 g/mol. The molecule has 66 valence electrons. The van der Waals surface area contributed by atoms with E-state index in [1.165, 1.54) is 0 Å². The van der Waals surface area contributed by atoms with Gasteiger partial charge in [0.25, 0.3) is 5.16 Å². The first-order valence-corrected chi connectivity index (χ1v) is 3.99. The van der Waals surface area contributed by atoms with Gasteiger partial charge in [-0.2, -0.15) is 13.4 Å². The summed E-state index contributed by atoms with van der Waals surface area (Å²) in [4.78, 5) is 12.9. The minimum Gasteiger partial charge on any atom is -0.296 e. The van der Waals surface area contributed by atoms with E-state index in [1.807, 2.05) is 5.32 Å². The van der Waals surface area contributed by atoms with E-state index in [4.69, 9.17) is 0 Å². The Balaban J connectivity index is 2.99. The molecule has 1 amide bonds. The number of rotatable bonds is 3. The molecule has 1 heterocycles. The number of carbonyl (C=O) groups excluding carboxylic acids is 1. The molecule has 0 radical (unpaired) electrons. The third-order valence-corrected chi connectivity index (χ3v) is 1.53. The van der Waals surface area contributed by atoms with Gasteiger partial charge in [-0.15, -0.1) is 5.10 Å². The van der Waals surface area contributed by atoms with Crippen molar-refractivity contribution in [3.63, 3.8) is 0 Å². The van der Waals surface area contributed by atoms with Crippen molar-refractivity contribution in [1.82, 2.24) is 15.2 Å². The summed E-state index contributed by atoms with van der Waals surface area (Å²) in [5, 5.41) is 5.96. The van der Waals surface area contributed by atoms with Crippen molar-refractivity contribution >= 4 is 22.6 Å². The summed E-state index contributed by atoms with van der Waals surface area (Å²) in [7, 11) is -4.89. The lowest BCUT2D eigenvalue weighted by atomic mass is 11.0. The molecule has 0 spiro atoms. The number of carbonyl (C=O) groups is 1. The molecule has 0 fully saturated rings. The molecule has 9 heteroatoms.